The fourth-order valence-electron chi connectivity index (χ4n) is 3.26. The van der Waals surface area contributed by atoms with E-state index in [1.165, 1.54) is 6.20 Å². The Bertz CT molecular complexity index is 813. The second-order valence-corrected chi connectivity index (χ2v) is 6.75. The first-order valence-corrected chi connectivity index (χ1v) is 8.62. The third kappa shape index (κ3) is 4.26. The Labute approximate surface area is 152 Å². The number of benzene rings is 1. The first-order chi connectivity index (χ1) is 12.5. The van der Waals surface area contributed by atoms with E-state index in [9.17, 15) is 14.7 Å². The van der Waals surface area contributed by atoms with Crippen LogP contribution >= 0.6 is 0 Å². The standard InChI is InChI=1S/C20H22N2O4/c1-14-3-2-4-15(9-14)16-10-17(13-21-12-16)19(25)22-20(11-18(23)24)5-7-26-8-6-20/h2-4,9-10,12-13H,5-8,11H2,1H3,(H,22,25)(H,23,24). The third-order valence-corrected chi connectivity index (χ3v) is 4.67. The number of pyridine rings is 1. The summed E-state index contributed by atoms with van der Waals surface area (Å²) in [5, 5.41) is 12.2. The summed E-state index contributed by atoms with van der Waals surface area (Å²) in [7, 11) is 0. The molecule has 6 nitrogen and oxygen atoms in total. The Hall–Kier alpha value is -2.73. The normalized spacial score (nSPS) is 16.0. The average Bonchev–Trinajstić information content (AvgIpc) is 2.62. The molecule has 1 fully saturated rings. The smallest absolute Gasteiger partial charge is 0.305 e. The number of hydrogen-bond donors (Lipinski definition) is 2. The molecule has 1 aliphatic rings. The minimum atomic E-state index is -0.932. The molecule has 136 valence electrons. The molecule has 0 radical (unpaired) electrons. The number of carbonyl (C=O) groups excluding carboxylic acids is 1. The molecule has 2 N–H and O–H groups in total. The molecule has 2 aromatic rings. The van der Waals surface area contributed by atoms with Gasteiger partial charge in [-0.15, -0.1) is 0 Å². The number of nitrogens with zero attached hydrogens (tertiary/aromatic N) is 1. The van der Waals surface area contributed by atoms with Gasteiger partial charge in [-0.05, 0) is 31.4 Å². The maximum Gasteiger partial charge on any atom is 0.305 e. The maximum absolute atomic E-state index is 12.8. The van der Waals surface area contributed by atoms with Crippen molar-refractivity contribution in [3.63, 3.8) is 0 Å². The van der Waals surface area contributed by atoms with E-state index in [-0.39, 0.29) is 12.3 Å². The van der Waals surface area contributed by atoms with Crippen LogP contribution in [-0.4, -0.2) is 40.7 Å². The largest absolute Gasteiger partial charge is 0.481 e. The lowest BCUT2D eigenvalue weighted by molar-refractivity contribution is -0.139. The van der Waals surface area contributed by atoms with Crippen LogP contribution in [0.2, 0.25) is 0 Å². The van der Waals surface area contributed by atoms with Crippen LogP contribution in [0, 0.1) is 6.92 Å². The Morgan fingerprint density at radius 3 is 2.65 bits per heavy atom. The maximum atomic E-state index is 12.8. The second-order valence-electron chi connectivity index (χ2n) is 6.75. The Morgan fingerprint density at radius 1 is 1.19 bits per heavy atom. The minimum Gasteiger partial charge on any atom is -0.481 e. The van der Waals surface area contributed by atoms with Crippen molar-refractivity contribution in [1.82, 2.24) is 10.3 Å². The van der Waals surface area contributed by atoms with Crippen molar-refractivity contribution >= 4 is 11.9 Å². The Balaban J connectivity index is 1.83. The van der Waals surface area contributed by atoms with E-state index in [0.29, 0.717) is 31.6 Å². The quantitative estimate of drug-likeness (QED) is 0.862. The number of aliphatic carboxylic acids is 1. The van der Waals surface area contributed by atoms with Crippen molar-refractivity contribution in [2.24, 2.45) is 0 Å². The van der Waals surface area contributed by atoms with Crippen molar-refractivity contribution in [2.75, 3.05) is 13.2 Å². The van der Waals surface area contributed by atoms with Crippen LogP contribution in [-0.2, 0) is 9.53 Å². The van der Waals surface area contributed by atoms with Crippen LogP contribution in [0.4, 0.5) is 0 Å². The topological polar surface area (TPSA) is 88.5 Å². The first kappa shape index (κ1) is 18.1. The van der Waals surface area contributed by atoms with Gasteiger partial charge in [-0.3, -0.25) is 14.6 Å². The van der Waals surface area contributed by atoms with Crippen LogP contribution in [0.15, 0.2) is 42.7 Å². The first-order valence-electron chi connectivity index (χ1n) is 8.62. The summed E-state index contributed by atoms with van der Waals surface area (Å²) >= 11 is 0. The number of carbonyl (C=O) groups is 2. The Morgan fingerprint density at radius 2 is 1.96 bits per heavy atom. The average molecular weight is 354 g/mol. The van der Waals surface area contributed by atoms with E-state index < -0.39 is 11.5 Å². The predicted molar refractivity (Wildman–Crippen MR) is 96.9 cm³/mol. The molecular weight excluding hydrogens is 332 g/mol. The molecule has 0 atom stereocenters. The van der Waals surface area contributed by atoms with Gasteiger partial charge in [0, 0.05) is 31.2 Å². The summed E-state index contributed by atoms with van der Waals surface area (Å²) in [5.41, 5.74) is 2.60. The number of amides is 1. The summed E-state index contributed by atoms with van der Waals surface area (Å²) in [6.45, 7) is 2.89. The molecule has 26 heavy (non-hydrogen) atoms. The van der Waals surface area contributed by atoms with Crippen molar-refractivity contribution in [3.8, 4) is 11.1 Å². The second kappa shape index (κ2) is 7.66. The summed E-state index contributed by atoms with van der Waals surface area (Å²) in [6.07, 6.45) is 4.06. The van der Waals surface area contributed by atoms with E-state index >= 15 is 0 Å². The lowest BCUT2D eigenvalue weighted by Gasteiger charge is -2.36. The Kier molecular flexibility index (Phi) is 5.32. The molecule has 0 aliphatic carbocycles. The van der Waals surface area contributed by atoms with Crippen LogP contribution in [0.5, 0.6) is 0 Å². The monoisotopic (exact) mass is 354 g/mol. The fourth-order valence-corrected chi connectivity index (χ4v) is 3.26. The summed E-state index contributed by atoms with van der Waals surface area (Å²) in [6, 6.07) is 9.75. The SMILES string of the molecule is Cc1cccc(-c2cncc(C(=O)NC3(CC(=O)O)CCOCC3)c2)c1. The molecule has 6 heteroatoms. The van der Waals surface area contributed by atoms with Gasteiger partial charge in [0.25, 0.3) is 5.91 Å². The van der Waals surface area contributed by atoms with Crippen LogP contribution < -0.4 is 5.32 Å². The molecule has 0 spiro atoms. The number of carboxylic acids is 1. The molecule has 1 amide bonds. The highest BCUT2D eigenvalue weighted by Gasteiger charge is 2.36. The number of aryl methyl sites for hydroxylation is 1. The van der Waals surface area contributed by atoms with Gasteiger partial charge >= 0.3 is 5.97 Å². The lowest BCUT2D eigenvalue weighted by Crippen LogP contribution is -2.53. The molecule has 1 aliphatic heterocycles. The molecule has 0 saturated carbocycles. The highest BCUT2D eigenvalue weighted by atomic mass is 16.5. The summed E-state index contributed by atoms with van der Waals surface area (Å²) in [5.74, 6) is -1.24. The van der Waals surface area contributed by atoms with Gasteiger partial charge < -0.3 is 15.2 Å². The number of ether oxygens (including phenoxy) is 1. The van der Waals surface area contributed by atoms with Crippen molar-refractivity contribution < 1.29 is 19.4 Å². The van der Waals surface area contributed by atoms with Crippen LogP contribution in [0.25, 0.3) is 11.1 Å². The highest BCUT2D eigenvalue weighted by Crippen LogP contribution is 2.26. The third-order valence-electron chi connectivity index (χ3n) is 4.67. The molecule has 0 bridgehead atoms. The van der Waals surface area contributed by atoms with Crippen LogP contribution in [0.3, 0.4) is 0 Å². The van der Waals surface area contributed by atoms with Crippen LogP contribution in [0.1, 0.15) is 35.2 Å². The van der Waals surface area contributed by atoms with Gasteiger partial charge in [0.2, 0.25) is 0 Å². The summed E-state index contributed by atoms with van der Waals surface area (Å²) < 4.78 is 5.33. The van der Waals surface area contributed by atoms with E-state index in [2.05, 4.69) is 10.3 Å². The van der Waals surface area contributed by atoms with Crippen molar-refractivity contribution in [3.05, 3.63) is 53.9 Å². The van der Waals surface area contributed by atoms with E-state index in [1.807, 2.05) is 31.2 Å². The molecule has 1 aromatic heterocycles. The van der Waals surface area contributed by atoms with E-state index in [4.69, 9.17) is 4.74 Å². The number of carboxylic acid groups (broad SMARTS) is 1. The zero-order valence-electron chi connectivity index (χ0n) is 14.7. The number of aromatic nitrogens is 1. The van der Waals surface area contributed by atoms with Gasteiger partial charge in [0.05, 0.1) is 17.5 Å². The molecule has 3 rings (SSSR count). The zero-order valence-corrected chi connectivity index (χ0v) is 14.7. The number of rotatable bonds is 5. The molecule has 1 saturated heterocycles. The highest BCUT2D eigenvalue weighted by molar-refractivity contribution is 5.95. The summed E-state index contributed by atoms with van der Waals surface area (Å²) in [4.78, 5) is 28.2. The van der Waals surface area contributed by atoms with Gasteiger partial charge in [-0.1, -0.05) is 29.8 Å². The van der Waals surface area contributed by atoms with E-state index in [0.717, 1.165) is 16.7 Å². The number of hydrogen-bond acceptors (Lipinski definition) is 4. The van der Waals surface area contributed by atoms with Gasteiger partial charge in [-0.2, -0.15) is 0 Å². The van der Waals surface area contributed by atoms with Gasteiger partial charge in [0.15, 0.2) is 0 Å². The van der Waals surface area contributed by atoms with Crippen molar-refractivity contribution in [2.45, 2.75) is 31.7 Å². The predicted octanol–water partition coefficient (Wildman–Crippen LogP) is 2.81. The fraction of sp³-hybridized carbons (Fsp3) is 0.350. The van der Waals surface area contributed by atoms with Crippen molar-refractivity contribution in [1.29, 1.82) is 0 Å². The van der Waals surface area contributed by atoms with E-state index in [1.54, 1.807) is 12.3 Å². The zero-order chi connectivity index (χ0) is 18.6. The lowest BCUT2D eigenvalue weighted by atomic mass is 9.86. The molecule has 1 aromatic carbocycles. The molecule has 0 unspecified atom stereocenters. The van der Waals surface area contributed by atoms with Gasteiger partial charge in [-0.25, -0.2) is 0 Å². The molecular formula is C20H22N2O4. The minimum absolute atomic E-state index is 0.118. The number of nitrogens with one attached hydrogen (secondary N) is 1. The van der Waals surface area contributed by atoms with Gasteiger partial charge in [0.1, 0.15) is 0 Å². The molecule has 2 heterocycles.